The number of ether oxygens (including phenoxy) is 2. The minimum Gasteiger partial charge on any atom is -0.478 e. The third-order valence-corrected chi connectivity index (χ3v) is 3.37. The third-order valence-electron chi connectivity index (χ3n) is 3.37. The Morgan fingerprint density at radius 2 is 2.12 bits per heavy atom. The second-order valence-corrected chi connectivity index (χ2v) is 4.38. The van der Waals surface area contributed by atoms with E-state index in [9.17, 15) is 4.79 Å². The molecular formula is C12H18O4. The van der Waals surface area contributed by atoms with Gasteiger partial charge in [-0.2, -0.15) is 0 Å². The molecule has 0 aromatic rings. The van der Waals surface area contributed by atoms with Crippen molar-refractivity contribution in [2.45, 2.75) is 44.8 Å². The molecule has 2 aliphatic rings. The highest BCUT2D eigenvalue weighted by Gasteiger charge is 2.40. The molecule has 16 heavy (non-hydrogen) atoms. The van der Waals surface area contributed by atoms with Crippen LogP contribution in [0.3, 0.4) is 0 Å². The fraction of sp³-hybridized carbons (Fsp3) is 0.750. The highest BCUT2D eigenvalue weighted by atomic mass is 16.7. The third kappa shape index (κ3) is 2.13. The summed E-state index contributed by atoms with van der Waals surface area (Å²) in [4.78, 5) is 11.1. The molecular weight excluding hydrogens is 208 g/mol. The molecule has 1 saturated carbocycles. The van der Waals surface area contributed by atoms with E-state index in [2.05, 4.69) is 0 Å². The van der Waals surface area contributed by atoms with Crippen LogP contribution in [-0.4, -0.2) is 30.1 Å². The van der Waals surface area contributed by atoms with Crippen molar-refractivity contribution < 1.29 is 19.4 Å². The summed E-state index contributed by atoms with van der Waals surface area (Å²) in [5.41, 5.74) is 1.54. The van der Waals surface area contributed by atoms with Crippen molar-refractivity contribution in [3.8, 4) is 0 Å². The van der Waals surface area contributed by atoms with Gasteiger partial charge in [-0.05, 0) is 19.3 Å². The van der Waals surface area contributed by atoms with Crippen LogP contribution >= 0.6 is 0 Å². The first-order valence-electron chi connectivity index (χ1n) is 5.89. The van der Waals surface area contributed by atoms with E-state index in [4.69, 9.17) is 14.6 Å². The highest BCUT2D eigenvalue weighted by molar-refractivity contribution is 5.87. The summed E-state index contributed by atoms with van der Waals surface area (Å²) in [5, 5.41) is 9.12. The number of hydrogen-bond acceptors (Lipinski definition) is 3. The van der Waals surface area contributed by atoms with Gasteiger partial charge in [-0.3, -0.25) is 0 Å². The molecule has 0 bridgehead atoms. The van der Waals surface area contributed by atoms with Crippen LogP contribution in [-0.2, 0) is 14.3 Å². The van der Waals surface area contributed by atoms with Gasteiger partial charge in [0.2, 0.25) is 0 Å². The molecule has 4 heteroatoms. The van der Waals surface area contributed by atoms with Gasteiger partial charge in [0, 0.05) is 18.4 Å². The number of rotatable bonds is 2. The van der Waals surface area contributed by atoms with Crippen LogP contribution in [0, 0.1) is 0 Å². The smallest absolute Gasteiger partial charge is 0.331 e. The molecule has 1 aliphatic heterocycles. The first kappa shape index (κ1) is 11.6. The van der Waals surface area contributed by atoms with Crippen LogP contribution in [0.4, 0.5) is 0 Å². The van der Waals surface area contributed by atoms with Gasteiger partial charge in [0.05, 0.1) is 13.2 Å². The lowest BCUT2D eigenvalue weighted by Crippen LogP contribution is -2.34. The molecule has 4 nitrogen and oxygen atoms in total. The van der Waals surface area contributed by atoms with Gasteiger partial charge in [-0.15, -0.1) is 0 Å². The van der Waals surface area contributed by atoms with Crippen molar-refractivity contribution in [2.75, 3.05) is 13.2 Å². The van der Waals surface area contributed by atoms with Crippen molar-refractivity contribution in [3.63, 3.8) is 0 Å². The molecule has 1 spiro atoms. The minimum absolute atomic E-state index is 0.510. The van der Waals surface area contributed by atoms with Gasteiger partial charge in [0.1, 0.15) is 0 Å². The maximum absolute atomic E-state index is 11.1. The van der Waals surface area contributed by atoms with Gasteiger partial charge in [-0.25, -0.2) is 4.79 Å². The van der Waals surface area contributed by atoms with Gasteiger partial charge in [0.15, 0.2) is 5.79 Å². The van der Waals surface area contributed by atoms with Crippen molar-refractivity contribution in [3.05, 3.63) is 11.1 Å². The molecule has 1 heterocycles. The molecule has 2 rings (SSSR count). The summed E-state index contributed by atoms with van der Waals surface area (Å²) in [5.74, 6) is -1.31. The Morgan fingerprint density at radius 3 is 2.69 bits per heavy atom. The summed E-state index contributed by atoms with van der Waals surface area (Å²) in [7, 11) is 0. The van der Waals surface area contributed by atoms with Crippen molar-refractivity contribution in [2.24, 2.45) is 0 Å². The fourth-order valence-electron chi connectivity index (χ4n) is 2.63. The monoisotopic (exact) mass is 226 g/mol. The summed E-state index contributed by atoms with van der Waals surface area (Å²) in [6, 6.07) is 0. The van der Waals surface area contributed by atoms with E-state index >= 15 is 0 Å². The molecule has 1 saturated heterocycles. The van der Waals surface area contributed by atoms with E-state index < -0.39 is 11.8 Å². The van der Waals surface area contributed by atoms with E-state index in [1.807, 2.05) is 6.92 Å². The van der Waals surface area contributed by atoms with Crippen LogP contribution in [0.2, 0.25) is 0 Å². The number of carbonyl (C=O) groups is 1. The van der Waals surface area contributed by atoms with Gasteiger partial charge >= 0.3 is 5.97 Å². The van der Waals surface area contributed by atoms with Gasteiger partial charge < -0.3 is 14.6 Å². The standard InChI is InChI=1S/C12H18O4/c1-2-10(11(13)14)9-4-3-5-12(8-9)15-6-7-16-12/h2-8H2,1H3,(H,13,14)/b10-9-. The van der Waals surface area contributed by atoms with E-state index in [0.29, 0.717) is 31.6 Å². The average molecular weight is 226 g/mol. The van der Waals surface area contributed by atoms with E-state index in [1.165, 1.54) is 0 Å². The van der Waals surface area contributed by atoms with E-state index in [-0.39, 0.29) is 0 Å². The predicted octanol–water partition coefficient (Wildman–Crippen LogP) is 2.09. The molecule has 0 aromatic carbocycles. The number of carboxylic acids is 1. The Kier molecular flexibility index (Phi) is 3.30. The minimum atomic E-state index is -0.799. The van der Waals surface area contributed by atoms with Crippen LogP contribution in [0.25, 0.3) is 0 Å². The lowest BCUT2D eigenvalue weighted by molar-refractivity contribution is -0.167. The van der Waals surface area contributed by atoms with Crippen LogP contribution in [0.5, 0.6) is 0 Å². The Labute approximate surface area is 95.2 Å². The first-order chi connectivity index (χ1) is 7.67. The van der Waals surface area contributed by atoms with Gasteiger partial charge in [0.25, 0.3) is 0 Å². The Bertz CT molecular complexity index is 313. The first-order valence-corrected chi connectivity index (χ1v) is 5.89. The van der Waals surface area contributed by atoms with Crippen molar-refractivity contribution in [1.82, 2.24) is 0 Å². The molecule has 0 aromatic heterocycles. The van der Waals surface area contributed by atoms with Crippen molar-refractivity contribution >= 4 is 5.97 Å². The molecule has 90 valence electrons. The summed E-state index contributed by atoms with van der Waals surface area (Å²) >= 11 is 0. The molecule has 2 fully saturated rings. The average Bonchev–Trinajstić information content (AvgIpc) is 2.67. The highest BCUT2D eigenvalue weighted by Crippen LogP contribution is 2.39. The number of carboxylic acid groups (broad SMARTS) is 1. The maximum Gasteiger partial charge on any atom is 0.331 e. The Morgan fingerprint density at radius 1 is 1.44 bits per heavy atom. The Balaban J connectivity index is 2.20. The lowest BCUT2D eigenvalue weighted by Gasteiger charge is -2.33. The van der Waals surface area contributed by atoms with E-state index in [0.717, 1.165) is 24.8 Å². The maximum atomic E-state index is 11.1. The molecule has 0 atom stereocenters. The predicted molar refractivity (Wildman–Crippen MR) is 58.1 cm³/mol. The largest absolute Gasteiger partial charge is 0.478 e. The molecule has 1 aliphatic carbocycles. The zero-order valence-electron chi connectivity index (χ0n) is 9.62. The zero-order valence-corrected chi connectivity index (χ0v) is 9.62. The second kappa shape index (κ2) is 4.55. The molecule has 0 amide bonds. The summed E-state index contributed by atoms with van der Waals surface area (Å²) in [6.45, 7) is 3.14. The fourth-order valence-corrected chi connectivity index (χ4v) is 2.63. The van der Waals surface area contributed by atoms with Crippen LogP contribution in [0.15, 0.2) is 11.1 Å². The zero-order chi connectivity index (χ0) is 11.6. The topological polar surface area (TPSA) is 55.8 Å². The lowest BCUT2D eigenvalue weighted by atomic mass is 9.86. The summed E-state index contributed by atoms with van der Waals surface area (Å²) < 4.78 is 11.3. The second-order valence-electron chi connectivity index (χ2n) is 4.38. The molecule has 0 unspecified atom stereocenters. The number of aliphatic carboxylic acids is 1. The summed E-state index contributed by atoms with van der Waals surface area (Å²) in [6.07, 6.45) is 3.90. The normalized spacial score (nSPS) is 27.1. The van der Waals surface area contributed by atoms with E-state index in [1.54, 1.807) is 0 Å². The Hall–Kier alpha value is -0.870. The van der Waals surface area contributed by atoms with Gasteiger partial charge in [-0.1, -0.05) is 12.5 Å². The van der Waals surface area contributed by atoms with Crippen LogP contribution in [0.1, 0.15) is 39.0 Å². The van der Waals surface area contributed by atoms with Crippen LogP contribution < -0.4 is 0 Å². The molecule has 0 radical (unpaired) electrons. The number of hydrogen-bond donors (Lipinski definition) is 1. The SMILES string of the molecule is CC/C(C(=O)O)=C1\CCCC2(C1)OCCO2. The molecule has 1 N–H and O–H groups in total. The quantitative estimate of drug-likeness (QED) is 0.732. The van der Waals surface area contributed by atoms with Crippen molar-refractivity contribution in [1.29, 1.82) is 0 Å².